The van der Waals surface area contributed by atoms with Crippen LogP contribution in [0.25, 0.3) is 0 Å². The van der Waals surface area contributed by atoms with E-state index >= 15 is 0 Å². The fourth-order valence-electron chi connectivity index (χ4n) is 1.56. The molecule has 0 atom stereocenters. The second kappa shape index (κ2) is 5.00. The van der Waals surface area contributed by atoms with E-state index in [1.54, 1.807) is 0 Å². The highest BCUT2D eigenvalue weighted by Gasteiger charge is 2.30. The quantitative estimate of drug-likeness (QED) is 0.865. The minimum Gasteiger partial charge on any atom is -0.463 e. The van der Waals surface area contributed by atoms with Crippen LogP contribution in [-0.4, -0.2) is 29.6 Å². The molecule has 0 aliphatic heterocycles. The van der Waals surface area contributed by atoms with Gasteiger partial charge in [-0.2, -0.15) is 0 Å². The molecular formula is C11H14BrN3O2. The topological polar surface area (TPSA) is 64.1 Å². The second-order valence-corrected chi connectivity index (χ2v) is 4.68. The van der Waals surface area contributed by atoms with Crippen molar-refractivity contribution in [2.24, 2.45) is 0 Å². The van der Waals surface area contributed by atoms with Gasteiger partial charge in [0.05, 0.1) is 17.3 Å². The highest BCUT2D eigenvalue weighted by molar-refractivity contribution is 9.10. The van der Waals surface area contributed by atoms with E-state index in [-0.39, 0.29) is 5.82 Å². The monoisotopic (exact) mass is 299 g/mol. The summed E-state index contributed by atoms with van der Waals surface area (Å²) in [6.45, 7) is 2.71. The van der Waals surface area contributed by atoms with Crippen LogP contribution >= 0.6 is 15.9 Å². The SMILES string of the molecule is CCNc1nc(C(=O)OC)nc(C2CC2)c1Br. The standard InChI is InChI=1S/C11H14BrN3O2/c1-3-13-9-7(12)8(6-4-5-6)14-10(15-9)11(16)17-2/h6H,3-5H2,1-2H3,(H,13,14,15). The van der Waals surface area contributed by atoms with Crippen molar-refractivity contribution >= 4 is 27.7 Å². The molecule has 0 aromatic carbocycles. The summed E-state index contributed by atoms with van der Waals surface area (Å²) in [5.74, 6) is 0.713. The second-order valence-electron chi connectivity index (χ2n) is 3.89. The molecule has 0 radical (unpaired) electrons. The molecule has 0 amide bonds. The number of rotatable bonds is 4. The molecule has 0 saturated heterocycles. The Morgan fingerprint density at radius 1 is 1.53 bits per heavy atom. The van der Waals surface area contributed by atoms with Gasteiger partial charge in [0.15, 0.2) is 0 Å². The van der Waals surface area contributed by atoms with E-state index in [0.717, 1.165) is 29.6 Å². The van der Waals surface area contributed by atoms with E-state index in [4.69, 9.17) is 0 Å². The molecule has 5 nitrogen and oxygen atoms in total. The highest BCUT2D eigenvalue weighted by Crippen LogP contribution is 2.43. The van der Waals surface area contributed by atoms with Crippen molar-refractivity contribution in [2.75, 3.05) is 19.0 Å². The van der Waals surface area contributed by atoms with Crippen LogP contribution in [0.1, 0.15) is 42.0 Å². The summed E-state index contributed by atoms with van der Waals surface area (Å²) in [7, 11) is 1.33. The Morgan fingerprint density at radius 2 is 2.24 bits per heavy atom. The number of halogens is 1. The first-order valence-electron chi connectivity index (χ1n) is 5.57. The van der Waals surface area contributed by atoms with Gasteiger partial charge in [-0.3, -0.25) is 0 Å². The Balaban J connectivity index is 2.43. The van der Waals surface area contributed by atoms with E-state index in [0.29, 0.717) is 11.7 Å². The molecule has 2 rings (SSSR count). The number of carbonyl (C=O) groups is 1. The number of nitrogens with one attached hydrogen (secondary N) is 1. The van der Waals surface area contributed by atoms with Gasteiger partial charge < -0.3 is 10.1 Å². The third kappa shape index (κ3) is 2.57. The molecule has 6 heteroatoms. The number of carbonyl (C=O) groups excluding carboxylic acids is 1. The number of nitrogens with zero attached hydrogens (tertiary/aromatic N) is 2. The van der Waals surface area contributed by atoms with Crippen LogP contribution in [0.3, 0.4) is 0 Å². The third-order valence-corrected chi connectivity index (χ3v) is 3.33. The zero-order valence-corrected chi connectivity index (χ0v) is 11.4. The van der Waals surface area contributed by atoms with E-state index < -0.39 is 5.97 Å². The van der Waals surface area contributed by atoms with Gasteiger partial charge in [0, 0.05) is 12.5 Å². The van der Waals surface area contributed by atoms with E-state index in [9.17, 15) is 4.79 Å². The lowest BCUT2D eigenvalue weighted by Gasteiger charge is -2.10. The van der Waals surface area contributed by atoms with Crippen molar-refractivity contribution < 1.29 is 9.53 Å². The maximum absolute atomic E-state index is 11.5. The van der Waals surface area contributed by atoms with Crippen LogP contribution in [0.2, 0.25) is 0 Å². The van der Waals surface area contributed by atoms with Crippen LogP contribution in [0.4, 0.5) is 5.82 Å². The van der Waals surface area contributed by atoms with Crippen molar-refractivity contribution in [3.05, 3.63) is 16.0 Å². The van der Waals surface area contributed by atoms with Crippen molar-refractivity contribution in [2.45, 2.75) is 25.7 Å². The molecule has 1 aromatic heterocycles. The zero-order valence-electron chi connectivity index (χ0n) is 9.79. The first-order valence-corrected chi connectivity index (χ1v) is 6.36. The summed E-state index contributed by atoms with van der Waals surface area (Å²) in [6.07, 6.45) is 2.23. The van der Waals surface area contributed by atoms with Crippen molar-refractivity contribution in [3.8, 4) is 0 Å². The number of aromatic nitrogens is 2. The molecule has 0 spiro atoms. The van der Waals surface area contributed by atoms with Crippen molar-refractivity contribution in [1.82, 2.24) is 9.97 Å². The fraction of sp³-hybridized carbons (Fsp3) is 0.545. The lowest BCUT2D eigenvalue weighted by atomic mass is 10.2. The molecule has 1 saturated carbocycles. The van der Waals surface area contributed by atoms with Crippen LogP contribution in [-0.2, 0) is 4.74 Å². The van der Waals surface area contributed by atoms with E-state index in [2.05, 4.69) is 36.0 Å². The molecule has 1 fully saturated rings. The number of methoxy groups -OCH3 is 1. The van der Waals surface area contributed by atoms with Crippen molar-refractivity contribution in [3.63, 3.8) is 0 Å². The maximum atomic E-state index is 11.5. The van der Waals surface area contributed by atoms with Gasteiger partial charge in [-0.25, -0.2) is 14.8 Å². The maximum Gasteiger partial charge on any atom is 0.376 e. The van der Waals surface area contributed by atoms with Gasteiger partial charge in [0.2, 0.25) is 5.82 Å². The number of ether oxygens (including phenoxy) is 1. The summed E-state index contributed by atoms with van der Waals surface area (Å²) in [6, 6.07) is 0. The molecular weight excluding hydrogens is 286 g/mol. The van der Waals surface area contributed by atoms with Crippen LogP contribution in [0.5, 0.6) is 0 Å². The average Bonchev–Trinajstić information content (AvgIpc) is 3.15. The highest BCUT2D eigenvalue weighted by atomic mass is 79.9. The Labute approximate surface area is 108 Å². The molecule has 0 unspecified atom stereocenters. The first kappa shape index (κ1) is 12.3. The summed E-state index contributed by atoms with van der Waals surface area (Å²) in [4.78, 5) is 19.9. The first-order chi connectivity index (χ1) is 8.17. The minimum atomic E-state index is -0.501. The molecule has 0 bridgehead atoms. The number of esters is 1. The number of hydrogen-bond acceptors (Lipinski definition) is 5. The molecule has 1 aliphatic carbocycles. The summed E-state index contributed by atoms with van der Waals surface area (Å²) in [5.41, 5.74) is 0.899. The van der Waals surface area contributed by atoms with Crippen LogP contribution < -0.4 is 5.32 Å². The molecule has 1 aromatic rings. The van der Waals surface area contributed by atoms with Gasteiger partial charge in [0.25, 0.3) is 0 Å². The van der Waals surface area contributed by atoms with Crippen LogP contribution in [0.15, 0.2) is 4.47 Å². The largest absolute Gasteiger partial charge is 0.463 e. The fourth-order valence-corrected chi connectivity index (χ4v) is 2.20. The normalized spacial score (nSPS) is 14.5. The summed E-state index contributed by atoms with van der Waals surface area (Å²) >= 11 is 3.49. The summed E-state index contributed by atoms with van der Waals surface area (Å²) in [5, 5.41) is 3.11. The molecule has 1 heterocycles. The van der Waals surface area contributed by atoms with Gasteiger partial charge in [-0.05, 0) is 35.7 Å². The summed E-state index contributed by atoms with van der Waals surface area (Å²) < 4.78 is 5.51. The Hall–Kier alpha value is -1.17. The van der Waals surface area contributed by atoms with Gasteiger partial charge in [-0.1, -0.05) is 0 Å². The average molecular weight is 300 g/mol. The number of hydrogen-bond donors (Lipinski definition) is 1. The van der Waals surface area contributed by atoms with Gasteiger partial charge >= 0.3 is 5.97 Å². The Bertz CT molecular complexity index is 447. The smallest absolute Gasteiger partial charge is 0.376 e. The third-order valence-electron chi connectivity index (χ3n) is 2.55. The number of anilines is 1. The molecule has 92 valence electrons. The van der Waals surface area contributed by atoms with Crippen LogP contribution in [0, 0.1) is 0 Å². The molecule has 1 aliphatic rings. The predicted octanol–water partition coefficient (Wildman–Crippen LogP) is 2.33. The lowest BCUT2D eigenvalue weighted by Crippen LogP contribution is -2.13. The Kier molecular flexibility index (Phi) is 3.61. The minimum absolute atomic E-state index is 0.119. The lowest BCUT2D eigenvalue weighted by molar-refractivity contribution is 0.0586. The molecule has 17 heavy (non-hydrogen) atoms. The van der Waals surface area contributed by atoms with Gasteiger partial charge in [0.1, 0.15) is 5.82 Å². The van der Waals surface area contributed by atoms with E-state index in [1.165, 1.54) is 7.11 Å². The Morgan fingerprint density at radius 3 is 2.76 bits per heavy atom. The molecule has 1 N–H and O–H groups in total. The van der Waals surface area contributed by atoms with E-state index in [1.807, 2.05) is 6.92 Å². The zero-order chi connectivity index (χ0) is 12.4. The predicted molar refractivity (Wildman–Crippen MR) is 67.2 cm³/mol. The van der Waals surface area contributed by atoms with Gasteiger partial charge in [-0.15, -0.1) is 0 Å². The van der Waals surface area contributed by atoms with Crippen molar-refractivity contribution in [1.29, 1.82) is 0 Å².